The van der Waals surface area contributed by atoms with Gasteiger partial charge in [-0.15, -0.1) is 0 Å². The number of hydrogen-bond donors (Lipinski definition) is 1. The average Bonchev–Trinajstić information content (AvgIpc) is 2.28. The van der Waals surface area contributed by atoms with E-state index in [4.69, 9.17) is 5.11 Å². The van der Waals surface area contributed by atoms with Crippen LogP contribution in [0.15, 0.2) is 43.0 Å². The number of aromatic hydroxyl groups is 1. The van der Waals surface area contributed by atoms with Crippen molar-refractivity contribution < 1.29 is 5.11 Å². The van der Waals surface area contributed by atoms with Gasteiger partial charge in [0.25, 0.3) is 0 Å². The van der Waals surface area contributed by atoms with E-state index >= 15 is 0 Å². The largest absolute Gasteiger partial charge is 0.506 e. The average molecular weight is 196 g/mol. The van der Waals surface area contributed by atoms with Crippen LogP contribution < -0.4 is 0 Å². The van der Waals surface area contributed by atoms with Crippen LogP contribution in [0.3, 0.4) is 0 Å². The molecule has 0 saturated heterocycles. The van der Waals surface area contributed by atoms with Crippen LogP contribution in [0, 0.1) is 11.8 Å². The first-order valence-corrected chi connectivity index (χ1v) is 4.41. The Kier molecular flexibility index (Phi) is 2.61. The molecule has 3 nitrogen and oxygen atoms in total. The van der Waals surface area contributed by atoms with Crippen molar-refractivity contribution in [3.8, 4) is 17.6 Å². The van der Waals surface area contributed by atoms with Crippen molar-refractivity contribution in [1.29, 1.82) is 0 Å². The van der Waals surface area contributed by atoms with Crippen LogP contribution in [-0.4, -0.2) is 15.1 Å². The van der Waals surface area contributed by atoms with Crippen LogP contribution in [0.5, 0.6) is 5.75 Å². The monoisotopic (exact) mass is 196 g/mol. The van der Waals surface area contributed by atoms with E-state index in [1.807, 2.05) is 12.1 Å². The molecule has 0 bridgehead atoms. The fraction of sp³-hybridized carbons (Fsp3) is 0. The molecule has 0 aliphatic carbocycles. The molecular weight excluding hydrogens is 188 g/mol. The highest BCUT2D eigenvalue weighted by Crippen LogP contribution is 2.07. The van der Waals surface area contributed by atoms with Gasteiger partial charge in [-0.05, 0) is 18.2 Å². The van der Waals surface area contributed by atoms with E-state index in [1.54, 1.807) is 24.7 Å². The summed E-state index contributed by atoms with van der Waals surface area (Å²) in [5.74, 6) is 5.93. The number of pyridine rings is 2. The number of nitrogens with zero attached hydrogens (tertiary/aromatic N) is 2. The van der Waals surface area contributed by atoms with Crippen LogP contribution in [0.2, 0.25) is 0 Å². The van der Waals surface area contributed by atoms with E-state index in [2.05, 4.69) is 21.8 Å². The van der Waals surface area contributed by atoms with Crippen LogP contribution in [-0.2, 0) is 0 Å². The maximum atomic E-state index is 9.17. The van der Waals surface area contributed by atoms with E-state index in [0.29, 0.717) is 5.56 Å². The zero-order valence-electron chi connectivity index (χ0n) is 7.88. The summed E-state index contributed by atoms with van der Waals surface area (Å²) >= 11 is 0. The Bertz CT molecular complexity index is 512. The Labute approximate surface area is 87.5 Å². The summed E-state index contributed by atoms with van der Waals surface area (Å²) < 4.78 is 0. The van der Waals surface area contributed by atoms with E-state index in [-0.39, 0.29) is 5.75 Å². The molecule has 15 heavy (non-hydrogen) atoms. The second-order valence-corrected chi connectivity index (χ2v) is 2.92. The van der Waals surface area contributed by atoms with Gasteiger partial charge in [-0.2, -0.15) is 0 Å². The van der Waals surface area contributed by atoms with Gasteiger partial charge in [0.05, 0.1) is 6.20 Å². The van der Waals surface area contributed by atoms with Crippen LogP contribution >= 0.6 is 0 Å². The molecule has 2 rings (SSSR count). The minimum Gasteiger partial charge on any atom is -0.506 e. The van der Waals surface area contributed by atoms with Gasteiger partial charge in [-0.25, -0.2) is 0 Å². The Hall–Kier alpha value is -2.34. The summed E-state index contributed by atoms with van der Waals surface area (Å²) in [5, 5.41) is 9.17. The molecule has 0 unspecified atom stereocenters. The summed E-state index contributed by atoms with van der Waals surface area (Å²) in [6, 6.07) is 5.26. The lowest BCUT2D eigenvalue weighted by molar-refractivity contribution is 0.472. The third-order valence-corrected chi connectivity index (χ3v) is 1.74. The van der Waals surface area contributed by atoms with Crippen LogP contribution in [0.4, 0.5) is 0 Å². The summed E-state index contributed by atoms with van der Waals surface area (Å²) in [7, 11) is 0. The van der Waals surface area contributed by atoms with Gasteiger partial charge in [0, 0.05) is 29.7 Å². The maximum absolute atomic E-state index is 9.17. The number of aromatic nitrogens is 2. The lowest BCUT2D eigenvalue weighted by Gasteiger charge is -1.90. The predicted octanol–water partition coefficient (Wildman–Crippen LogP) is 1.58. The van der Waals surface area contributed by atoms with Gasteiger partial charge in [0.15, 0.2) is 0 Å². The molecule has 0 aliphatic heterocycles. The molecule has 2 aromatic rings. The van der Waals surface area contributed by atoms with Crippen molar-refractivity contribution >= 4 is 0 Å². The molecule has 0 spiro atoms. The van der Waals surface area contributed by atoms with E-state index in [9.17, 15) is 0 Å². The van der Waals surface area contributed by atoms with Gasteiger partial charge in [-0.3, -0.25) is 9.97 Å². The fourth-order valence-electron chi connectivity index (χ4n) is 1.08. The Morgan fingerprint density at radius 3 is 2.53 bits per heavy atom. The van der Waals surface area contributed by atoms with Gasteiger partial charge < -0.3 is 5.11 Å². The molecule has 0 amide bonds. The van der Waals surface area contributed by atoms with Crippen molar-refractivity contribution in [2.45, 2.75) is 0 Å². The van der Waals surface area contributed by atoms with Crippen molar-refractivity contribution in [2.75, 3.05) is 0 Å². The van der Waals surface area contributed by atoms with Crippen molar-refractivity contribution in [3.05, 3.63) is 54.1 Å². The first kappa shape index (κ1) is 9.22. The summed E-state index contributed by atoms with van der Waals surface area (Å²) in [5.41, 5.74) is 1.51. The van der Waals surface area contributed by atoms with Crippen LogP contribution in [0.25, 0.3) is 0 Å². The number of hydrogen-bond acceptors (Lipinski definition) is 3. The highest BCUT2D eigenvalue weighted by molar-refractivity contribution is 5.42. The van der Waals surface area contributed by atoms with Crippen molar-refractivity contribution in [1.82, 2.24) is 9.97 Å². The number of rotatable bonds is 0. The SMILES string of the molecule is Oc1cncc(C#Cc2cccnc2)c1. The lowest BCUT2D eigenvalue weighted by atomic mass is 10.2. The smallest absolute Gasteiger partial charge is 0.135 e. The Morgan fingerprint density at radius 1 is 1.00 bits per heavy atom. The maximum Gasteiger partial charge on any atom is 0.135 e. The third-order valence-electron chi connectivity index (χ3n) is 1.74. The van der Waals surface area contributed by atoms with E-state index < -0.39 is 0 Å². The second kappa shape index (κ2) is 4.25. The topological polar surface area (TPSA) is 46.0 Å². The first-order valence-electron chi connectivity index (χ1n) is 4.41. The third kappa shape index (κ3) is 2.55. The van der Waals surface area contributed by atoms with Gasteiger partial charge >= 0.3 is 0 Å². The molecule has 0 aromatic carbocycles. The zero-order chi connectivity index (χ0) is 10.5. The molecule has 2 aromatic heterocycles. The Morgan fingerprint density at radius 2 is 1.80 bits per heavy atom. The molecular formula is C12H8N2O. The minimum absolute atomic E-state index is 0.119. The molecule has 0 atom stereocenters. The van der Waals surface area contributed by atoms with Gasteiger partial charge in [-0.1, -0.05) is 11.8 Å². The molecule has 0 aliphatic rings. The predicted molar refractivity (Wildman–Crippen MR) is 56.1 cm³/mol. The van der Waals surface area contributed by atoms with Crippen LogP contribution in [0.1, 0.15) is 11.1 Å². The van der Waals surface area contributed by atoms with Crippen molar-refractivity contribution in [3.63, 3.8) is 0 Å². The molecule has 0 fully saturated rings. The highest BCUT2D eigenvalue weighted by atomic mass is 16.3. The lowest BCUT2D eigenvalue weighted by Crippen LogP contribution is -1.79. The standard InChI is InChI=1S/C12H8N2O/c15-12-6-11(8-14-9-12)4-3-10-2-1-5-13-7-10/h1-2,5-9,15H. The van der Waals surface area contributed by atoms with Gasteiger partial charge in [0.2, 0.25) is 0 Å². The first-order chi connectivity index (χ1) is 7.34. The zero-order valence-corrected chi connectivity index (χ0v) is 7.88. The molecule has 0 saturated carbocycles. The minimum atomic E-state index is 0.119. The van der Waals surface area contributed by atoms with E-state index in [0.717, 1.165) is 5.56 Å². The van der Waals surface area contributed by atoms with Crippen molar-refractivity contribution in [2.24, 2.45) is 0 Å². The molecule has 0 radical (unpaired) electrons. The normalized spacial score (nSPS) is 9.07. The Balaban J connectivity index is 2.26. The second-order valence-electron chi connectivity index (χ2n) is 2.92. The highest BCUT2D eigenvalue weighted by Gasteiger charge is 1.90. The molecule has 1 N–H and O–H groups in total. The molecule has 3 heteroatoms. The van der Waals surface area contributed by atoms with E-state index in [1.165, 1.54) is 6.20 Å². The summed E-state index contributed by atoms with van der Waals surface area (Å²) in [6.45, 7) is 0. The quantitative estimate of drug-likeness (QED) is 0.651. The molecule has 72 valence electrons. The van der Waals surface area contributed by atoms with Gasteiger partial charge in [0.1, 0.15) is 5.75 Å². The fourth-order valence-corrected chi connectivity index (χ4v) is 1.08. The summed E-state index contributed by atoms with van der Waals surface area (Å²) in [6.07, 6.45) is 6.35. The summed E-state index contributed by atoms with van der Waals surface area (Å²) in [4.78, 5) is 7.78. The molecule has 2 heterocycles.